The molecule has 0 amide bonds. The minimum absolute atomic E-state index is 0.148. The molecule has 0 unspecified atom stereocenters. The molecule has 0 radical (unpaired) electrons. The van der Waals surface area contributed by atoms with E-state index in [1.807, 2.05) is 24.3 Å². The fourth-order valence-corrected chi connectivity index (χ4v) is 15.3. The zero-order chi connectivity index (χ0) is 80.9. The Bertz CT molecular complexity index is 2760. The molecule has 10 nitrogen and oxygen atoms in total. The highest BCUT2D eigenvalue weighted by Crippen LogP contribution is 2.42. The van der Waals surface area contributed by atoms with Gasteiger partial charge in [0.2, 0.25) is 11.5 Å². The van der Waals surface area contributed by atoms with E-state index in [-0.39, 0.29) is 24.3 Å². The summed E-state index contributed by atoms with van der Waals surface area (Å²) in [6, 6.07) is 17.6. The Hall–Kier alpha value is -5.78. The predicted molar refractivity (Wildman–Crippen MR) is 478 cm³/mol. The van der Waals surface area contributed by atoms with Crippen molar-refractivity contribution in [3.63, 3.8) is 0 Å². The molecule has 0 saturated heterocycles. The van der Waals surface area contributed by atoms with Crippen LogP contribution in [0.4, 0.5) is 8.78 Å². The zero-order valence-corrected chi connectivity index (χ0v) is 73.9. The molecule has 0 atom stereocenters. The van der Waals surface area contributed by atoms with E-state index in [1.165, 1.54) is 314 Å². The maximum atomic E-state index is 16.0. The highest BCUT2D eigenvalue weighted by molar-refractivity contribution is 5.71. The Kier molecular flexibility index (Phi) is 60.0. The Morgan fingerprint density at radius 2 is 0.421 bits per heavy atom. The Balaban J connectivity index is 1.30. The maximum Gasteiger partial charge on any atom is 0.203 e. The van der Waals surface area contributed by atoms with Crippen LogP contribution in [0.3, 0.4) is 0 Å². The lowest BCUT2D eigenvalue weighted by atomic mass is 10.0. The molecule has 5 aromatic rings. The molecule has 0 aliphatic heterocycles. The van der Waals surface area contributed by atoms with E-state index < -0.39 is 11.6 Å². The summed E-state index contributed by atoms with van der Waals surface area (Å²) in [5.74, 6) is 3.68. The van der Waals surface area contributed by atoms with Crippen LogP contribution < -0.4 is 37.9 Å². The molecule has 12 heteroatoms. The molecule has 0 aliphatic rings. The normalized spacial score (nSPS) is 11.4. The number of ether oxygens (including phenoxy) is 8. The van der Waals surface area contributed by atoms with Crippen LogP contribution >= 0.6 is 0 Å². The minimum atomic E-state index is -0.725. The van der Waals surface area contributed by atoms with Crippen molar-refractivity contribution >= 4 is 0 Å². The highest BCUT2D eigenvalue weighted by atomic mass is 19.1. The average Bonchev–Trinajstić information content (AvgIpc) is 0.541. The van der Waals surface area contributed by atoms with Gasteiger partial charge in [-0.2, -0.15) is 0 Å². The molecule has 2 aromatic heterocycles. The molecule has 0 N–H and O–H groups in total. The molecule has 0 aliphatic carbocycles. The predicted octanol–water partition coefficient (Wildman–Crippen LogP) is 33.0. The molecular weight excluding hydrogens is 1420 g/mol. The second kappa shape index (κ2) is 69.2. The SMILES string of the molecule is CCCCCCCCCCCCOc1cc(COc2ccc(-c3cc(-c4ccc(OCc5cc(OCCCCCCCCCCCC)c(OCCCCCCCCCCCC)c(OCCCCCCCCCCCC)c5)cn4)c(F)cc3F)nc2)cc(OCCCCCCCCCCCC)c1OCCCCCCCCCCCC. The molecule has 0 bridgehead atoms. The summed E-state index contributed by atoms with van der Waals surface area (Å²) >= 11 is 0. The van der Waals surface area contributed by atoms with Crippen molar-refractivity contribution in [2.45, 2.75) is 440 Å². The van der Waals surface area contributed by atoms with Crippen LogP contribution in [-0.2, 0) is 13.2 Å². The Morgan fingerprint density at radius 3 is 0.623 bits per heavy atom. The lowest BCUT2D eigenvalue weighted by Gasteiger charge is -2.19. The van der Waals surface area contributed by atoms with Gasteiger partial charge in [0.05, 0.1) is 63.4 Å². The van der Waals surface area contributed by atoms with E-state index in [0.29, 0.717) is 97.0 Å². The van der Waals surface area contributed by atoms with Gasteiger partial charge in [0.15, 0.2) is 23.0 Å². The van der Waals surface area contributed by atoms with Gasteiger partial charge < -0.3 is 37.9 Å². The summed E-state index contributed by atoms with van der Waals surface area (Å²) in [7, 11) is 0. The summed E-state index contributed by atoms with van der Waals surface area (Å²) in [6.45, 7) is 17.7. The van der Waals surface area contributed by atoms with Crippen molar-refractivity contribution in [3.05, 3.63) is 95.8 Å². The number of aromatic nitrogens is 2. The van der Waals surface area contributed by atoms with E-state index in [1.54, 1.807) is 36.7 Å². The first-order valence-electron chi connectivity index (χ1n) is 48.1. The van der Waals surface area contributed by atoms with Crippen LogP contribution in [0.15, 0.2) is 73.1 Å². The summed E-state index contributed by atoms with van der Waals surface area (Å²) in [4.78, 5) is 9.38. The number of halogens is 2. The lowest BCUT2D eigenvalue weighted by molar-refractivity contribution is 0.232. The maximum absolute atomic E-state index is 16.0. The molecule has 0 spiro atoms. The van der Waals surface area contributed by atoms with Crippen molar-refractivity contribution in [1.29, 1.82) is 0 Å². The van der Waals surface area contributed by atoms with Gasteiger partial charge >= 0.3 is 0 Å². The topological polar surface area (TPSA) is 99.6 Å². The van der Waals surface area contributed by atoms with Crippen LogP contribution in [-0.4, -0.2) is 49.6 Å². The van der Waals surface area contributed by atoms with Crippen molar-refractivity contribution in [1.82, 2.24) is 9.97 Å². The van der Waals surface area contributed by atoms with Crippen LogP contribution in [0.2, 0.25) is 0 Å². The number of hydrogen-bond acceptors (Lipinski definition) is 10. The third-order valence-corrected chi connectivity index (χ3v) is 22.6. The van der Waals surface area contributed by atoms with E-state index in [4.69, 9.17) is 47.9 Å². The second-order valence-corrected chi connectivity index (χ2v) is 33.2. The smallest absolute Gasteiger partial charge is 0.203 e. The molecule has 2 heterocycles. The minimum Gasteiger partial charge on any atom is -0.490 e. The third-order valence-electron chi connectivity index (χ3n) is 22.6. The van der Waals surface area contributed by atoms with Crippen molar-refractivity contribution in [2.75, 3.05) is 39.6 Å². The van der Waals surface area contributed by atoms with Crippen LogP contribution in [0, 0.1) is 11.6 Å². The van der Waals surface area contributed by atoms with Crippen LogP contribution in [0.5, 0.6) is 46.0 Å². The van der Waals surface area contributed by atoms with Gasteiger partial charge in [-0.25, -0.2) is 8.78 Å². The number of benzene rings is 3. The van der Waals surface area contributed by atoms with Crippen molar-refractivity contribution in [2.24, 2.45) is 0 Å². The first-order valence-corrected chi connectivity index (χ1v) is 48.1. The van der Waals surface area contributed by atoms with E-state index >= 15 is 8.78 Å². The average molecular weight is 1590 g/mol. The summed E-state index contributed by atoms with van der Waals surface area (Å²) in [5, 5.41) is 0. The number of unbranched alkanes of at least 4 members (excludes halogenated alkanes) is 54. The quantitative estimate of drug-likeness (QED) is 0.0350. The van der Waals surface area contributed by atoms with Gasteiger partial charge in [0.1, 0.15) is 36.3 Å². The number of rotatable bonds is 80. The largest absolute Gasteiger partial charge is 0.490 e. The zero-order valence-electron chi connectivity index (χ0n) is 73.9. The molecule has 114 heavy (non-hydrogen) atoms. The first-order chi connectivity index (χ1) is 56.3. The molecule has 5 rings (SSSR count). The highest BCUT2D eigenvalue weighted by Gasteiger charge is 2.21. The molecular formula is C102H166F2N2O8. The van der Waals surface area contributed by atoms with Gasteiger partial charge in [0.25, 0.3) is 0 Å². The van der Waals surface area contributed by atoms with E-state index in [9.17, 15) is 0 Å². The van der Waals surface area contributed by atoms with Gasteiger partial charge in [-0.3, -0.25) is 9.97 Å². The van der Waals surface area contributed by atoms with E-state index in [0.717, 1.165) is 94.2 Å². The fourth-order valence-electron chi connectivity index (χ4n) is 15.3. The van der Waals surface area contributed by atoms with Gasteiger partial charge in [-0.15, -0.1) is 0 Å². The standard InChI is InChI=1S/C102H166F2N2O8/c1-7-13-19-25-31-37-43-49-55-61-71-107-97-77-87(78-98(108-72-62-56-50-44-38-32-26-20-14-8-2)101(97)111-75-65-59-53-47-41-35-29-23-17-11-5)85-113-89-67-69-95(105-83-89)91-81-92(94(104)82-93(91)103)96-70-68-90(84-106-96)114-86-88-79-99(109-73-63-57-51-45-39-33-27-21-15-9-3)102(112-76-66-60-54-48-42-36-30-24-18-12-6)100(80-88)110-74-64-58-52-46-40-34-28-22-16-10-4/h67-70,77-84H,7-66,71-76,85-86H2,1-6H3. The summed E-state index contributed by atoms with van der Waals surface area (Å²) in [6.07, 6.45) is 78.4. The lowest BCUT2D eigenvalue weighted by Crippen LogP contribution is -2.08. The van der Waals surface area contributed by atoms with Crippen LogP contribution in [0.1, 0.15) is 438 Å². The Morgan fingerprint density at radius 1 is 0.219 bits per heavy atom. The summed E-state index contributed by atoms with van der Waals surface area (Å²) < 4.78 is 85.2. The number of hydrogen-bond donors (Lipinski definition) is 0. The van der Waals surface area contributed by atoms with Crippen molar-refractivity contribution in [3.8, 4) is 68.5 Å². The van der Waals surface area contributed by atoms with Gasteiger partial charge in [-0.05, 0) is 104 Å². The van der Waals surface area contributed by atoms with Gasteiger partial charge in [-0.1, -0.05) is 388 Å². The molecule has 646 valence electrons. The van der Waals surface area contributed by atoms with Crippen molar-refractivity contribution < 1.29 is 46.7 Å². The number of nitrogens with zero attached hydrogens (tertiary/aromatic N) is 2. The monoisotopic (exact) mass is 1590 g/mol. The fraction of sp³-hybridized carbons (Fsp3) is 0.725. The molecule has 0 fully saturated rings. The van der Waals surface area contributed by atoms with E-state index in [2.05, 4.69) is 41.5 Å². The second-order valence-electron chi connectivity index (χ2n) is 33.2. The molecule has 3 aromatic carbocycles. The summed E-state index contributed by atoms with van der Waals surface area (Å²) in [5.41, 5.74) is 2.74. The van der Waals surface area contributed by atoms with Gasteiger partial charge in [0, 0.05) is 17.2 Å². The third kappa shape index (κ3) is 47.0. The molecule has 0 saturated carbocycles. The van der Waals surface area contributed by atoms with Crippen LogP contribution in [0.25, 0.3) is 22.5 Å². The first kappa shape index (κ1) is 98.8. The number of pyridine rings is 2. The Labute approximate surface area is 696 Å².